The van der Waals surface area contributed by atoms with Crippen molar-refractivity contribution in [3.05, 3.63) is 96.8 Å². The van der Waals surface area contributed by atoms with Crippen LogP contribution in [-0.2, 0) is 30.3 Å². The number of carbonyl (C=O) groups is 2. The number of hydrogen-bond donors (Lipinski definition) is 0. The Kier molecular flexibility index (Phi) is 8.18. The molecule has 0 radical (unpaired) electrons. The van der Waals surface area contributed by atoms with Gasteiger partial charge in [0.1, 0.15) is 24.9 Å². The van der Waals surface area contributed by atoms with Crippen molar-refractivity contribution in [1.82, 2.24) is 9.13 Å². The van der Waals surface area contributed by atoms with E-state index in [-0.39, 0.29) is 36.9 Å². The Morgan fingerprint density at radius 1 is 1.05 bits per heavy atom. The summed E-state index contributed by atoms with van der Waals surface area (Å²) < 4.78 is 24.7. The van der Waals surface area contributed by atoms with Gasteiger partial charge in [0.2, 0.25) is 0 Å². The van der Waals surface area contributed by atoms with E-state index in [9.17, 15) is 14.4 Å². The predicted octanol–water partition coefficient (Wildman–Crippen LogP) is 2.56. The van der Waals surface area contributed by atoms with Gasteiger partial charge < -0.3 is 23.5 Å². The molecule has 0 saturated carbocycles. The third kappa shape index (κ3) is 5.33. The number of nitrogens with zero attached hydrogens (tertiary/aromatic N) is 3. The molecule has 2 aromatic heterocycles. The number of rotatable bonds is 9. The van der Waals surface area contributed by atoms with E-state index in [1.54, 1.807) is 30.7 Å². The van der Waals surface area contributed by atoms with Crippen LogP contribution in [0, 0.1) is 0 Å². The molecule has 0 aliphatic carbocycles. The molecule has 0 N–H and O–H groups in total. The van der Waals surface area contributed by atoms with Gasteiger partial charge in [-0.2, -0.15) is 0 Å². The minimum absolute atomic E-state index is 0.0354. The molecule has 0 fully saturated rings. The SMILES string of the molecule is COCCOC(=O)C1=C(C)N=c2sc(=Cc3cn(CC(=O)OC)c4ccccc34)c(=O)n2C1c1ccccc1OC. The molecule has 1 aliphatic heterocycles. The Hall–Kier alpha value is -4.48. The maximum atomic E-state index is 14.1. The number of para-hydroxylation sites is 2. The average Bonchev–Trinajstić information content (AvgIpc) is 3.48. The van der Waals surface area contributed by atoms with Crippen LogP contribution in [0.4, 0.5) is 0 Å². The third-order valence-electron chi connectivity index (χ3n) is 6.83. The van der Waals surface area contributed by atoms with Crippen LogP contribution in [0.3, 0.4) is 0 Å². The summed E-state index contributed by atoms with van der Waals surface area (Å²) in [7, 11) is 4.41. The molecule has 0 saturated heterocycles. The number of methoxy groups -OCH3 is 3. The highest BCUT2D eigenvalue weighted by Gasteiger charge is 2.35. The smallest absolute Gasteiger partial charge is 0.338 e. The van der Waals surface area contributed by atoms with E-state index in [0.29, 0.717) is 26.3 Å². The second kappa shape index (κ2) is 11.9. The van der Waals surface area contributed by atoms with Crippen molar-refractivity contribution in [2.75, 3.05) is 34.5 Å². The summed E-state index contributed by atoms with van der Waals surface area (Å²) in [5, 5.41) is 0.877. The molecule has 5 rings (SSSR count). The van der Waals surface area contributed by atoms with Gasteiger partial charge >= 0.3 is 11.9 Å². The van der Waals surface area contributed by atoms with Crippen molar-refractivity contribution in [3.8, 4) is 5.75 Å². The maximum absolute atomic E-state index is 14.1. The number of aromatic nitrogens is 2. The van der Waals surface area contributed by atoms with Gasteiger partial charge in [-0.1, -0.05) is 47.7 Å². The van der Waals surface area contributed by atoms with Crippen molar-refractivity contribution in [2.45, 2.75) is 19.5 Å². The quantitative estimate of drug-likeness (QED) is 0.223. The average molecular weight is 576 g/mol. The summed E-state index contributed by atoms with van der Waals surface area (Å²) in [6.07, 6.45) is 3.61. The number of fused-ring (bicyclic) bond motifs is 2. The largest absolute Gasteiger partial charge is 0.496 e. The molecular formula is C30H29N3O7S. The zero-order chi connectivity index (χ0) is 29.1. The minimum Gasteiger partial charge on any atom is -0.496 e. The molecule has 4 aromatic rings. The molecule has 11 heteroatoms. The normalized spacial score (nSPS) is 15.0. The van der Waals surface area contributed by atoms with Gasteiger partial charge in [-0.05, 0) is 25.1 Å². The molecule has 1 atom stereocenters. The molecule has 2 aromatic carbocycles. The van der Waals surface area contributed by atoms with Crippen LogP contribution >= 0.6 is 11.3 Å². The minimum atomic E-state index is -0.819. The van der Waals surface area contributed by atoms with E-state index in [4.69, 9.17) is 18.9 Å². The molecule has 3 heterocycles. The summed E-state index contributed by atoms with van der Waals surface area (Å²) in [5.74, 6) is -0.442. The monoisotopic (exact) mass is 575 g/mol. The van der Waals surface area contributed by atoms with Gasteiger partial charge in [-0.15, -0.1) is 0 Å². The first-order valence-electron chi connectivity index (χ1n) is 12.8. The highest BCUT2D eigenvalue weighted by Crippen LogP contribution is 2.35. The van der Waals surface area contributed by atoms with E-state index in [2.05, 4.69) is 4.99 Å². The molecule has 41 heavy (non-hydrogen) atoms. The lowest BCUT2D eigenvalue weighted by Crippen LogP contribution is -2.40. The highest BCUT2D eigenvalue weighted by molar-refractivity contribution is 7.07. The lowest BCUT2D eigenvalue weighted by atomic mass is 9.95. The molecule has 1 unspecified atom stereocenters. The number of hydrogen-bond acceptors (Lipinski definition) is 9. The summed E-state index contributed by atoms with van der Waals surface area (Å²) in [6.45, 7) is 2.06. The van der Waals surface area contributed by atoms with Gasteiger partial charge in [0.15, 0.2) is 4.80 Å². The van der Waals surface area contributed by atoms with Crippen LogP contribution in [0.1, 0.15) is 24.1 Å². The molecule has 0 spiro atoms. The van der Waals surface area contributed by atoms with Crippen LogP contribution in [0.2, 0.25) is 0 Å². The van der Waals surface area contributed by atoms with Crippen molar-refractivity contribution in [2.24, 2.45) is 4.99 Å². The van der Waals surface area contributed by atoms with E-state index < -0.39 is 12.0 Å². The Morgan fingerprint density at radius 2 is 1.80 bits per heavy atom. The molecule has 1 aliphatic rings. The van der Waals surface area contributed by atoms with Gasteiger partial charge in [-0.25, -0.2) is 9.79 Å². The number of esters is 2. The zero-order valence-corrected chi connectivity index (χ0v) is 23.9. The molecule has 0 bridgehead atoms. The second-order valence-electron chi connectivity index (χ2n) is 9.26. The lowest BCUT2D eigenvalue weighted by Gasteiger charge is -2.26. The molecule has 212 valence electrons. The van der Waals surface area contributed by atoms with E-state index in [1.165, 1.54) is 30.1 Å². The topological polar surface area (TPSA) is 110 Å². The van der Waals surface area contributed by atoms with Crippen LogP contribution in [-0.4, -0.2) is 55.6 Å². The third-order valence-corrected chi connectivity index (χ3v) is 7.81. The second-order valence-corrected chi connectivity index (χ2v) is 10.3. The summed E-state index contributed by atoms with van der Waals surface area (Å²) >= 11 is 1.22. The van der Waals surface area contributed by atoms with Crippen molar-refractivity contribution in [1.29, 1.82) is 0 Å². The van der Waals surface area contributed by atoms with Crippen molar-refractivity contribution in [3.63, 3.8) is 0 Å². The van der Waals surface area contributed by atoms with Crippen molar-refractivity contribution >= 4 is 40.3 Å². The Labute approximate surface area is 239 Å². The van der Waals surface area contributed by atoms with Crippen LogP contribution < -0.4 is 19.6 Å². The first kappa shape index (κ1) is 28.1. The van der Waals surface area contributed by atoms with E-state index >= 15 is 0 Å². The molecular weight excluding hydrogens is 546 g/mol. The first-order valence-corrected chi connectivity index (χ1v) is 13.7. The number of carbonyl (C=O) groups excluding carboxylic acids is 2. The van der Waals surface area contributed by atoms with Gasteiger partial charge in [0, 0.05) is 35.3 Å². The summed E-state index contributed by atoms with van der Waals surface area (Å²) in [6, 6.07) is 14.1. The molecule has 0 amide bonds. The fourth-order valence-electron chi connectivity index (χ4n) is 4.93. The lowest BCUT2D eigenvalue weighted by molar-refractivity contribution is -0.141. The van der Waals surface area contributed by atoms with Gasteiger partial charge in [0.05, 0.1) is 36.6 Å². The highest BCUT2D eigenvalue weighted by atomic mass is 32.1. The van der Waals surface area contributed by atoms with Crippen LogP contribution in [0.15, 0.2) is 75.8 Å². The van der Waals surface area contributed by atoms with Crippen LogP contribution in [0.25, 0.3) is 17.0 Å². The summed E-state index contributed by atoms with van der Waals surface area (Å²) in [5.41, 5.74) is 2.61. The molecule has 10 nitrogen and oxygen atoms in total. The van der Waals surface area contributed by atoms with E-state index in [1.807, 2.05) is 48.7 Å². The predicted molar refractivity (Wildman–Crippen MR) is 154 cm³/mol. The summed E-state index contributed by atoms with van der Waals surface area (Å²) in [4.78, 5) is 44.5. The number of ether oxygens (including phenoxy) is 4. The van der Waals surface area contributed by atoms with Crippen molar-refractivity contribution < 1.29 is 28.5 Å². The van der Waals surface area contributed by atoms with Gasteiger partial charge in [-0.3, -0.25) is 14.2 Å². The fraction of sp³-hybridized carbons (Fsp3) is 0.267. The number of allylic oxidation sites excluding steroid dienone is 1. The van der Waals surface area contributed by atoms with E-state index in [0.717, 1.165) is 16.5 Å². The zero-order valence-electron chi connectivity index (χ0n) is 23.1. The van der Waals surface area contributed by atoms with Crippen LogP contribution in [0.5, 0.6) is 5.75 Å². The Morgan fingerprint density at radius 3 is 2.56 bits per heavy atom. The first-order chi connectivity index (χ1) is 19.9. The number of thiazole rings is 1. The maximum Gasteiger partial charge on any atom is 0.338 e. The van der Waals surface area contributed by atoms with Gasteiger partial charge in [0.25, 0.3) is 5.56 Å². The Balaban J connectivity index is 1.70. The fourth-order valence-corrected chi connectivity index (χ4v) is 5.97. The standard InChI is InChI=1S/C30H29N3O7S/c1-18-26(29(36)40-14-13-37-2)27(21-10-6-8-12-23(21)38-3)33-28(35)24(41-30(33)31-18)15-19-16-32(17-25(34)39-4)22-11-7-5-9-20(19)22/h5-12,15-16,27H,13-14,17H2,1-4H3. The Bertz CT molecular complexity index is 1850. The number of benzene rings is 2.